The number of hydrogen-bond acceptors (Lipinski definition) is 5. The summed E-state index contributed by atoms with van der Waals surface area (Å²) in [4.78, 5) is 4.51. The third-order valence-corrected chi connectivity index (χ3v) is 4.42. The molecule has 0 amide bonds. The maximum absolute atomic E-state index is 5.96. The van der Waals surface area contributed by atoms with Crippen molar-refractivity contribution in [2.45, 2.75) is 26.4 Å². The smallest absolute Gasteiger partial charge is 0.130 e. The molecule has 2 N–H and O–H groups in total. The maximum atomic E-state index is 5.96. The van der Waals surface area contributed by atoms with E-state index in [0.717, 1.165) is 48.3 Å². The summed E-state index contributed by atoms with van der Waals surface area (Å²) in [5, 5.41) is 6.45. The fraction of sp³-hybridized carbons (Fsp3) is 0.450. The second-order valence-corrected chi connectivity index (χ2v) is 6.54. The van der Waals surface area contributed by atoms with Gasteiger partial charge in [-0.25, -0.2) is 4.98 Å². The lowest BCUT2D eigenvalue weighted by Crippen LogP contribution is -2.30. The Morgan fingerprint density at radius 2 is 1.88 bits per heavy atom. The van der Waals surface area contributed by atoms with Gasteiger partial charge >= 0.3 is 0 Å². The first-order chi connectivity index (χ1) is 12.2. The minimum Gasteiger partial charge on any atom is -0.493 e. The van der Waals surface area contributed by atoms with E-state index in [1.54, 1.807) is 0 Å². The SMILES string of the molecule is CNc1cc(C)cc(COc2cccc(OCC3CCNCC3)c2)n1. The van der Waals surface area contributed by atoms with Crippen molar-refractivity contribution in [3.05, 3.63) is 47.7 Å². The zero-order chi connectivity index (χ0) is 17.5. The quantitative estimate of drug-likeness (QED) is 0.808. The highest BCUT2D eigenvalue weighted by molar-refractivity contribution is 5.38. The average Bonchev–Trinajstić information content (AvgIpc) is 2.65. The van der Waals surface area contributed by atoms with Crippen LogP contribution < -0.4 is 20.1 Å². The van der Waals surface area contributed by atoms with Crippen LogP contribution in [0.15, 0.2) is 36.4 Å². The number of rotatable bonds is 7. The maximum Gasteiger partial charge on any atom is 0.130 e. The highest BCUT2D eigenvalue weighted by atomic mass is 16.5. The van der Waals surface area contributed by atoms with Gasteiger partial charge in [0.15, 0.2) is 0 Å². The van der Waals surface area contributed by atoms with Gasteiger partial charge in [0.1, 0.15) is 23.9 Å². The van der Waals surface area contributed by atoms with Crippen molar-refractivity contribution >= 4 is 5.82 Å². The molecule has 134 valence electrons. The van der Waals surface area contributed by atoms with E-state index in [-0.39, 0.29) is 0 Å². The third-order valence-electron chi connectivity index (χ3n) is 4.42. The first-order valence-corrected chi connectivity index (χ1v) is 8.94. The van der Waals surface area contributed by atoms with Gasteiger partial charge < -0.3 is 20.1 Å². The Labute approximate surface area is 149 Å². The zero-order valence-corrected chi connectivity index (χ0v) is 15.0. The summed E-state index contributed by atoms with van der Waals surface area (Å²) in [6.07, 6.45) is 2.37. The molecular weight excluding hydrogens is 314 g/mol. The molecule has 1 aromatic carbocycles. The van der Waals surface area contributed by atoms with Crippen LogP contribution in [-0.2, 0) is 6.61 Å². The van der Waals surface area contributed by atoms with Gasteiger partial charge in [0, 0.05) is 13.1 Å². The molecule has 2 aromatic rings. The summed E-state index contributed by atoms with van der Waals surface area (Å²) in [5.41, 5.74) is 2.07. The van der Waals surface area contributed by atoms with E-state index in [2.05, 4.69) is 22.5 Å². The van der Waals surface area contributed by atoms with Gasteiger partial charge in [-0.05, 0) is 68.6 Å². The molecule has 0 saturated carbocycles. The van der Waals surface area contributed by atoms with E-state index >= 15 is 0 Å². The molecule has 1 saturated heterocycles. The van der Waals surface area contributed by atoms with E-state index in [0.29, 0.717) is 12.5 Å². The third kappa shape index (κ3) is 5.36. The molecule has 1 aliphatic rings. The first kappa shape index (κ1) is 17.5. The van der Waals surface area contributed by atoms with E-state index in [1.807, 2.05) is 43.4 Å². The summed E-state index contributed by atoms with van der Waals surface area (Å²) >= 11 is 0. The molecule has 1 aliphatic heterocycles. The zero-order valence-electron chi connectivity index (χ0n) is 15.0. The van der Waals surface area contributed by atoms with Crippen LogP contribution >= 0.6 is 0 Å². The van der Waals surface area contributed by atoms with Crippen LogP contribution in [0.4, 0.5) is 5.82 Å². The average molecular weight is 341 g/mol. The van der Waals surface area contributed by atoms with Crippen LogP contribution in [0.3, 0.4) is 0 Å². The van der Waals surface area contributed by atoms with E-state index in [4.69, 9.17) is 9.47 Å². The van der Waals surface area contributed by atoms with Crippen LogP contribution in [-0.4, -0.2) is 31.7 Å². The molecule has 5 heteroatoms. The lowest BCUT2D eigenvalue weighted by atomic mass is 9.99. The largest absolute Gasteiger partial charge is 0.493 e. The van der Waals surface area contributed by atoms with Gasteiger partial charge in [-0.1, -0.05) is 6.07 Å². The number of nitrogens with one attached hydrogen (secondary N) is 2. The second kappa shape index (κ2) is 8.72. The summed E-state index contributed by atoms with van der Waals surface area (Å²) < 4.78 is 11.9. The van der Waals surface area contributed by atoms with Crippen LogP contribution in [0.25, 0.3) is 0 Å². The minimum atomic E-state index is 0.439. The molecular formula is C20H27N3O2. The fourth-order valence-corrected chi connectivity index (χ4v) is 3.01. The predicted molar refractivity (Wildman–Crippen MR) is 100 cm³/mol. The summed E-state index contributed by atoms with van der Waals surface area (Å²) in [5.74, 6) is 3.17. The van der Waals surface area contributed by atoms with Gasteiger partial charge in [-0.15, -0.1) is 0 Å². The van der Waals surface area contributed by atoms with Crippen molar-refractivity contribution in [1.29, 1.82) is 0 Å². The number of pyridine rings is 1. The molecule has 0 spiro atoms. The number of piperidine rings is 1. The van der Waals surface area contributed by atoms with Crippen LogP contribution in [0.2, 0.25) is 0 Å². The van der Waals surface area contributed by atoms with Crippen LogP contribution in [0, 0.1) is 12.8 Å². The normalized spacial score (nSPS) is 15.0. The summed E-state index contributed by atoms with van der Waals surface area (Å²) in [6.45, 7) is 5.45. The number of aryl methyl sites for hydroxylation is 1. The van der Waals surface area contributed by atoms with Crippen molar-refractivity contribution in [3.8, 4) is 11.5 Å². The molecule has 25 heavy (non-hydrogen) atoms. The Bertz CT molecular complexity index is 684. The molecule has 1 aromatic heterocycles. The van der Waals surface area contributed by atoms with Gasteiger partial charge in [0.25, 0.3) is 0 Å². The fourth-order valence-electron chi connectivity index (χ4n) is 3.01. The topological polar surface area (TPSA) is 55.4 Å². The Morgan fingerprint density at radius 3 is 2.64 bits per heavy atom. The van der Waals surface area contributed by atoms with Gasteiger partial charge in [-0.3, -0.25) is 0 Å². The number of anilines is 1. The monoisotopic (exact) mass is 341 g/mol. The minimum absolute atomic E-state index is 0.439. The molecule has 3 rings (SSSR count). The molecule has 5 nitrogen and oxygen atoms in total. The summed E-state index contributed by atoms with van der Waals surface area (Å²) in [6, 6.07) is 11.9. The van der Waals surface area contributed by atoms with Crippen LogP contribution in [0.5, 0.6) is 11.5 Å². The van der Waals surface area contributed by atoms with Crippen molar-refractivity contribution in [3.63, 3.8) is 0 Å². The molecule has 0 aliphatic carbocycles. The van der Waals surface area contributed by atoms with Crippen molar-refractivity contribution in [2.75, 3.05) is 32.1 Å². The second-order valence-electron chi connectivity index (χ2n) is 6.54. The van der Waals surface area contributed by atoms with E-state index in [1.165, 1.54) is 12.8 Å². The van der Waals surface area contributed by atoms with Gasteiger partial charge in [0.05, 0.1) is 12.3 Å². The van der Waals surface area contributed by atoms with Crippen molar-refractivity contribution in [1.82, 2.24) is 10.3 Å². The summed E-state index contributed by atoms with van der Waals surface area (Å²) in [7, 11) is 1.87. The standard InChI is InChI=1S/C20H27N3O2/c1-15-10-17(23-20(11-15)21-2)14-25-19-5-3-4-18(12-19)24-13-16-6-8-22-9-7-16/h3-5,10-12,16,22H,6-9,13-14H2,1-2H3,(H,21,23). The molecule has 0 radical (unpaired) electrons. The number of ether oxygens (including phenoxy) is 2. The van der Waals surface area contributed by atoms with E-state index in [9.17, 15) is 0 Å². The molecule has 0 atom stereocenters. The highest BCUT2D eigenvalue weighted by Crippen LogP contribution is 2.22. The lowest BCUT2D eigenvalue weighted by molar-refractivity contribution is 0.214. The number of nitrogens with zero attached hydrogens (tertiary/aromatic N) is 1. The molecule has 1 fully saturated rings. The molecule has 0 bridgehead atoms. The Balaban J connectivity index is 1.55. The Morgan fingerprint density at radius 1 is 1.12 bits per heavy atom. The van der Waals surface area contributed by atoms with E-state index < -0.39 is 0 Å². The molecule has 0 unspecified atom stereocenters. The van der Waals surface area contributed by atoms with Crippen LogP contribution in [0.1, 0.15) is 24.1 Å². The highest BCUT2D eigenvalue weighted by Gasteiger charge is 2.13. The van der Waals surface area contributed by atoms with Gasteiger partial charge in [0.2, 0.25) is 0 Å². The first-order valence-electron chi connectivity index (χ1n) is 8.94. The van der Waals surface area contributed by atoms with Gasteiger partial charge in [-0.2, -0.15) is 0 Å². The number of benzene rings is 1. The Kier molecular flexibility index (Phi) is 6.12. The van der Waals surface area contributed by atoms with Crippen molar-refractivity contribution < 1.29 is 9.47 Å². The lowest BCUT2D eigenvalue weighted by Gasteiger charge is -2.22. The predicted octanol–water partition coefficient (Wildman–Crippen LogP) is 3.39. The van der Waals surface area contributed by atoms with Crippen molar-refractivity contribution in [2.24, 2.45) is 5.92 Å². The molecule has 2 heterocycles. The Hall–Kier alpha value is -2.27. The number of aromatic nitrogens is 1. The number of hydrogen-bond donors (Lipinski definition) is 2.